The summed E-state index contributed by atoms with van der Waals surface area (Å²) in [4.78, 5) is 14.3. The highest BCUT2D eigenvalue weighted by atomic mass is 19.1. The molecular formula is C22H21F2N3O. The maximum atomic E-state index is 15.6. The van der Waals surface area contributed by atoms with Gasteiger partial charge in [0.1, 0.15) is 5.82 Å². The van der Waals surface area contributed by atoms with E-state index in [0.29, 0.717) is 24.2 Å². The number of aromatic nitrogens is 2. The van der Waals surface area contributed by atoms with Gasteiger partial charge in [-0.15, -0.1) is 0 Å². The standard InChI is InChI=1S/C22H21F2N3O/c1-3-26-21(20(24)16-7-5-6-8-18(16)23)17-13-14(9-10-15(17)22(26)28)19-11-12-25-27(19)4-2/h5-13,20-21H,3-4H2,1-2H3. The Hall–Kier alpha value is -3.02. The monoisotopic (exact) mass is 381 g/mol. The summed E-state index contributed by atoms with van der Waals surface area (Å²) >= 11 is 0. The predicted molar refractivity (Wildman–Crippen MR) is 103 cm³/mol. The molecule has 2 heterocycles. The molecule has 0 saturated carbocycles. The molecule has 0 N–H and O–H groups in total. The number of hydrogen-bond acceptors (Lipinski definition) is 2. The van der Waals surface area contributed by atoms with E-state index < -0.39 is 18.0 Å². The van der Waals surface area contributed by atoms with Crippen molar-refractivity contribution in [3.05, 3.63) is 77.2 Å². The van der Waals surface area contributed by atoms with Crippen LogP contribution in [0.5, 0.6) is 0 Å². The van der Waals surface area contributed by atoms with Crippen LogP contribution in [0.3, 0.4) is 0 Å². The minimum atomic E-state index is -1.65. The topological polar surface area (TPSA) is 38.1 Å². The second-order valence-electron chi connectivity index (χ2n) is 6.79. The van der Waals surface area contributed by atoms with E-state index in [9.17, 15) is 9.18 Å². The van der Waals surface area contributed by atoms with Crippen molar-refractivity contribution in [1.82, 2.24) is 14.7 Å². The number of carbonyl (C=O) groups is 1. The number of carbonyl (C=O) groups excluding carboxylic acids is 1. The van der Waals surface area contributed by atoms with Gasteiger partial charge in [-0.3, -0.25) is 9.48 Å². The molecule has 1 amide bonds. The molecule has 144 valence electrons. The highest BCUT2D eigenvalue weighted by Gasteiger charge is 2.42. The zero-order chi connectivity index (χ0) is 19.8. The molecule has 28 heavy (non-hydrogen) atoms. The van der Waals surface area contributed by atoms with Gasteiger partial charge in [-0.25, -0.2) is 8.78 Å². The number of hydrogen-bond donors (Lipinski definition) is 0. The zero-order valence-corrected chi connectivity index (χ0v) is 15.8. The van der Waals surface area contributed by atoms with Crippen molar-refractivity contribution in [2.45, 2.75) is 32.6 Å². The molecule has 0 radical (unpaired) electrons. The van der Waals surface area contributed by atoms with Gasteiger partial charge in [-0.2, -0.15) is 5.10 Å². The molecule has 0 bridgehead atoms. The third-order valence-electron chi connectivity index (χ3n) is 5.33. The van der Waals surface area contributed by atoms with E-state index in [0.717, 1.165) is 11.3 Å². The second kappa shape index (κ2) is 7.19. The molecule has 1 aliphatic heterocycles. The van der Waals surface area contributed by atoms with E-state index in [1.807, 2.05) is 29.8 Å². The predicted octanol–water partition coefficient (Wildman–Crippen LogP) is 4.94. The molecule has 2 atom stereocenters. The van der Waals surface area contributed by atoms with Gasteiger partial charge >= 0.3 is 0 Å². The average Bonchev–Trinajstić information content (AvgIpc) is 3.29. The van der Waals surface area contributed by atoms with Gasteiger partial charge < -0.3 is 4.90 Å². The molecule has 4 nitrogen and oxygen atoms in total. The number of halogens is 2. The molecule has 0 fully saturated rings. The lowest BCUT2D eigenvalue weighted by atomic mass is 9.94. The Morgan fingerprint density at radius 3 is 2.61 bits per heavy atom. The van der Waals surface area contributed by atoms with Crippen LogP contribution in [0.15, 0.2) is 54.7 Å². The fourth-order valence-corrected chi connectivity index (χ4v) is 3.97. The molecule has 2 aromatic carbocycles. The Morgan fingerprint density at radius 2 is 1.89 bits per heavy atom. The lowest BCUT2D eigenvalue weighted by Gasteiger charge is -2.27. The number of aryl methyl sites for hydroxylation is 1. The lowest BCUT2D eigenvalue weighted by Crippen LogP contribution is -2.30. The van der Waals surface area contributed by atoms with Crippen LogP contribution in [0.2, 0.25) is 0 Å². The highest BCUT2D eigenvalue weighted by Crippen LogP contribution is 2.45. The Balaban J connectivity index is 1.83. The Labute approximate surface area is 162 Å². The lowest BCUT2D eigenvalue weighted by molar-refractivity contribution is 0.0633. The van der Waals surface area contributed by atoms with Crippen LogP contribution < -0.4 is 0 Å². The summed E-state index contributed by atoms with van der Waals surface area (Å²) in [6, 6.07) is 12.3. The van der Waals surface area contributed by atoms with Crippen molar-refractivity contribution in [1.29, 1.82) is 0 Å². The van der Waals surface area contributed by atoms with Crippen LogP contribution in [0.4, 0.5) is 8.78 Å². The highest BCUT2D eigenvalue weighted by molar-refractivity contribution is 6.00. The van der Waals surface area contributed by atoms with Crippen molar-refractivity contribution in [2.75, 3.05) is 6.54 Å². The molecule has 0 saturated heterocycles. The maximum absolute atomic E-state index is 15.6. The third kappa shape index (κ3) is 2.80. The summed E-state index contributed by atoms with van der Waals surface area (Å²) in [5, 5.41) is 4.28. The smallest absolute Gasteiger partial charge is 0.254 e. The van der Waals surface area contributed by atoms with E-state index >= 15 is 4.39 Å². The number of fused-ring (bicyclic) bond motifs is 1. The van der Waals surface area contributed by atoms with Gasteiger partial charge in [0.2, 0.25) is 0 Å². The summed E-state index contributed by atoms with van der Waals surface area (Å²) in [6.07, 6.45) is 0.0577. The largest absolute Gasteiger partial charge is 0.329 e. The molecule has 4 rings (SSSR count). The first kappa shape index (κ1) is 18.3. The third-order valence-corrected chi connectivity index (χ3v) is 5.33. The Morgan fingerprint density at radius 1 is 1.11 bits per heavy atom. The van der Waals surface area contributed by atoms with Gasteiger partial charge in [0.05, 0.1) is 11.7 Å². The molecule has 6 heteroatoms. The summed E-state index contributed by atoms with van der Waals surface area (Å²) < 4.78 is 31.6. The summed E-state index contributed by atoms with van der Waals surface area (Å²) in [5.41, 5.74) is 2.78. The van der Waals surface area contributed by atoms with Crippen LogP contribution in [0, 0.1) is 5.82 Å². The van der Waals surface area contributed by atoms with E-state index in [4.69, 9.17) is 0 Å². The second-order valence-corrected chi connectivity index (χ2v) is 6.79. The molecule has 0 aliphatic carbocycles. The van der Waals surface area contributed by atoms with E-state index in [1.54, 1.807) is 25.3 Å². The molecule has 2 unspecified atom stereocenters. The summed E-state index contributed by atoms with van der Waals surface area (Å²) in [6.45, 7) is 4.84. The van der Waals surface area contributed by atoms with Crippen molar-refractivity contribution < 1.29 is 13.6 Å². The fourth-order valence-electron chi connectivity index (χ4n) is 3.97. The average molecular weight is 381 g/mol. The first-order valence-electron chi connectivity index (χ1n) is 9.42. The molecule has 1 aromatic heterocycles. The zero-order valence-electron chi connectivity index (χ0n) is 15.8. The van der Waals surface area contributed by atoms with E-state index in [2.05, 4.69) is 5.10 Å². The minimum absolute atomic E-state index is 0.0318. The molecule has 3 aromatic rings. The van der Waals surface area contributed by atoms with E-state index in [1.165, 1.54) is 23.1 Å². The summed E-state index contributed by atoms with van der Waals surface area (Å²) in [7, 11) is 0. The van der Waals surface area contributed by atoms with Gasteiger partial charge in [0.25, 0.3) is 5.91 Å². The van der Waals surface area contributed by atoms with Crippen LogP contribution in [0.1, 0.15) is 47.5 Å². The van der Waals surface area contributed by atoms with Gasteiger partial charge in [-0.1, -0.05) is 24.3 Å². The first-order chi connectivity index (χ1) is 13.6. The quantitative estimate of drug-likeness (QED) is 0.628. The van der Waals surface area contributed by atoms with Gasteiger partial charge in [-0.05, 0) is 43.7 Å². The molecular weight excluding hydrogens is 360 g/mol. The first-order valence-corrected chi connectivity index (χ1v) is 9.42. The number of rotatable bonds is 5. The summed E-state index contributed by atoms with van der Waals surface area (Å²) in [5.74, 6) is -0.829. The number of amides is 1. The number of likely N-dealkylation sites (N-methyl/N-ethyl adjacent to an activating group) is 1. The van der Waals surface area contributed by atoms with Crippen LogP contribution >= 0.6 is 0 Å². The van der Waals surface area contributed by atoms with Crippen molar-refractivity contribution >= 4 is 5.91 Å². The maximum Gasteiger partial charge on any atom is 0.254 e. The fraction of sp³-hybridized carbons (Fsp3) is 0.273. The number of benzene rings is 2. The Kier molecular flexibility index (Phi) is 4.71. The van der Waals surface area contributed by atoms with Crippen molar-refractivity contribution in [3.63, 3.8) is 0 Å². The van der Waals surface area contributed by atoms with Crippen LogP contribution in [0.25, 0.3) is 11.3 Å². The van der Waals surface area contributed by atoms with Gasteiger partial charge in [0, 0.05) is 36.0 Å². The SMILES string of the molecule is CCN1C(=O)c2ccc(-c3ccnn3CC)cc2C1C(F)c1ccccc1F. The van der Waals surface area contributed by atoms with Crippen LogP contribution in [-0.2, 0) is 6.54 Å². The molecule has 1 aliphatic rings. The van der Waals surface area contributed by atoms with Crippen molar-refractivity contribution in [3.8, 4) is 11.3 Å². The van der Waals surface area contributed by atoms with Crippen molar-refractivity contribution in [2.24, 2.45) is 0 Å². The minimum Gasteiger partial charge on any atom is -0.329 e. The molecule has 0 spiro atoms. The normalized spacial score (nSPS) is 17.1. The number of nitrogens with zero attached hydrogens (tertiary/aromatic N) is 3. The van der Waals surface area contributed by atoms with Gasteiger partial charge in [0.15, 0.2) is 6.17 Å². The van der Waals surface area contributed by atoms with E-state index in [-0.39, 0.29) is 11.5 Å². The van der Waals surface area contributed by atoms with Crippen LogP contribution in [-0.4, -0.2) is 27.1 Å². The Bertz CT molecular complexity index is 1030. The number of alkyl halides is 1.